The van der Waals surface area contributed by atoms with Gasteiger partial charge >= 0.3 is 0 Å². The smallest absolute Gasteiger partial charge is 0.264 e. The van der Waals surface area contributed by atoms with Gasteiger partial charge in [0.15, 0.2) is 5.13 Å². The lowest BCUT2D eigenvalue weighted by Gasteiger charge is -2.36. The summed E-state index contributed by atoms with van der Waals surface area (Å²) >= 11 is 1.40. The Bertz CT molecular complexity index is 1210. The van der Waals surface area contributed by atoms with E-state index in [1.165, 1.54) is 22.6 Å². The molecule has 30 heavy (non-hydrogen) atoms. The molecule has 0 unspecified atom stereocenters. The molecule has 0 radical (unpaired) electrons. The van der Waals surface area contributed by atoms with Crippen LogP contribution in [0.5, 0.6) is 0 Å². The minimum absolute atomic E-state index is 0.165. The van der Waals surface area contributed by atoms with Crippen LogP contribution in [0.4, 0.5) is 16.5 Å². The van der Waals surface area contributed by atoms with Gasteiger partial charge < -0.3 is 10.2 Å². The molecule has 4 rings (SSSR count). The van der Waals surface area contributed by atoms with Gasteiger partial charge in [0.1, 0.15) is 0 Å². The van der Waals surface area contributed by atoms with Crippen molar-refractivity contribution in [2.45, 2.75) is 18.7 Å². The van der Waals surface area contributed by atoms with Gasteiger partial charge in [-0.05, 0) is 36.8 Å². The zero-order valence-electron chi connectivity index (χ0n) is 16.9. The molecule has 0 bridgehead atoms. The summed E-state index contributed by atoms with van der Waals surface area (Å²) in [4.78, 5) is 19.0. The normalized spacial score (nSPS) is 13.8. The average molecular weight is 443 g/mol. The molecular formula is C21H22N4O3S2. The van der Waals surface area contributed by atoms with Gasteiger partial charge in [0.05, 0.1) is 33.4 Å². The Morgan fingerprint density at radius 3 is 2.53 bits per heavy atom. The first-order valence-electron chi connectivity index (χ1n) is 9.46. The fourth-order valence-electron chi connectivity index (χ4n) is 3.50. The maximum absolute atomic E-state index is 13.2. The molecule has 0 aliphatic carbocycles. The lowest BCUT2D eigenvalue weighted by atomic mass is 10.1. The fourth-order valence-corrected chi connectivity index (χ4v) is 6.00. The number of anilines is 3. The first kappa shape index (κ1) is 20.4. The molecule has 156 valence electrons. The van der Waals surface area contributed by atoms with Gasteiger partial charge in [-0.1, -0.05) is 35.6 Å². The van der Waals surface area contributed by atoms with Crippen molar-refractivity contribution in [1.29, 1.82) is 0 Å². The first-order valence-corrected chi connectivity index (χ1v) is 11.7. The Labute approximate surface area is 180 Å². The Morgan fingerprint density at radius 2 is 1.83 bits per heavy atom. The zero-order chi connectivity index (χ0) is 21.5. The molecule has 0 saturated heterocycles. The third-order valence-electron chi connectivity index (χ3n) is 4.97. The van der Waals surface area contributed by atoms with Crippen LogP contribution in [0, 0.1) is 6.92 Å². The number of thiazole rings is 1. The summed E-state index contributed by atoms with van der Waals surface area (Å²) in [6.07, 6.45) is 0. The molecule has 0 saturated carbocycles. The van der Waals surface area contributed by atoms with E-state index >= 15 is 0 Å². The molecule has 2 aromatic carbocycles. The summed E-state index contributed by atoms with van der Waals surface area (Å²) in [6.45, 7) is 4.31. The van der Waals surface area contributed by atoms with Crippen LogP contribution in [0.2, 0.25) is 0 Å². The van der Waals surface area contributed by atoms with E-state index in [1.54, 1.807) is 30.3 Å². The molecule has 1 amide bonds. The van der Waals surface area contributed by atoms with Crippen LogP contribution in [0.15, 0.2) is 53.4 Å². The number of rotatable bonds is 4. The number of likely N-dealkylation sites (N-methyl/N-ethyl adjacent to an activating group) is 1. The number of aromatic nitrogens is 1. The van der Waals surface area contributed by atoms with E-state index in [-0.39, 0.29) is 10.8 Å². The summed E-state index contributed by atoms with van der Waals surface area (Å²) in [7, 11) is -1.69. The number of nitrogens with one attached hydrogen (secondary N) is 1. The Kier molecular flexibility index (Phi) is 5.25. The summed E-state index contributed by atoms with van der Waals surface area (Å²) in [5.41, 5.74) is 3.25. The largest absolute Gasteiger partial charge is 0.371 e. The molecule has 0 fully saturated rings. The van der Waals surface area contributed by atoms with Crippen LogP contribution in [-0.2, 0) is 14.8 Å². The van der Waals surface area contributed by atoms with Crippen LogP contribution in [-0.4, -0.2) is 39.4 Å². The van der Waals surface area contributed by atoms with E-state index in [1.807, 2.05) is 32.2 Å². The van der Waals surface area contributed by atoms with E-state index in [0.29, 0.717) is 23.9 Å². The van der Waals surface area contributed by atoms with Gasteiger partial charge in [0.25, 0.3) is 10.0 Å². The van der Waals surface area contributed by atoms with Crippen molar-refractivity contribution in [2.75, 3.05) is 34.7 Å². The summed E-state index contributed by atoms with van der Waals surface area (Å²) in [6, 6.07) is 14.2. The second-order valence-corrected chi connectivity index (χ2v) is 9.99. The van der Waals surface area contributed by atoms with Crippen molar-refractivity contribution >= 4 is 43.8 Å². The van der Waals surface area contributed by atoms with E-state index < -0.39 is 10.0 Å². The monoisotopic (exact) mass is 442 g/mol. The van der Waals surface area contributed by atoms with E-state index in [9.17, 15) is 13.2 Å². The SMILES string of the molecule is CC(=O)Nc1nc(C)c(-c2ccc3c(c2)N(C)CCN3S(=O)(=O)c2ccccc2)s1. The number of hydrogen-bond donors (Lipinski definition) is 1. The highest BCUT2D eigenvalue weighted by atomic mass is 32.2. The molecule has 0 atom stereocenters. The number of nitrogens with zero attached hydrogens (tertiary/aromatic N) is 3. The molecular weight excluding hydrogens is 420 g/mol. The predicted octanol–water partition coefficient (Wildman–Crippen LogP) is 3.72. The minimum atomic E-state index is -3.64. The third-order valence-corrected chi connectivity index (χ3v) is 7.92. The van der Waals surface area contributed by atoms with Crippen LogP contribution in [0.25, 0.3) is 10.4 Å². The van der Waals surface area contributed by atoms with Crippen molar-refractivity contribution < 1.29 is 13.2 Å². The Balaban J connectivity index is 1.76. The number of sulfonamides is 1. The minimum Gasteiger partial charge on any atom is -0.371 e. The highest BCUT2D eigenvalue weighted by molar-refractivity contribution is 7.92. The maximum Gasteiger partial charge on any atom is 0.264 e. The van der Waals surface area contributed by atoms with Crippen molar-refractivity contribution in [2.24, 2.45) is 0 Å². The molecule has 1 N–H and O–H groups in total. The molecule has 1 aliphatic heterocycles. The molecule has 0 spiro atoms. The van der Waals surface area contributed by atoms with E-state index in [0.717, 1.165) is 21.8 Å². The lowest BCUT2D eigenvalue weighted by molar-refractivity contribution is -0.114. The number of aryl methyl sites for hydroxylation is 1. The Hall–Kier alpha value is -2.91. The number of fused-ring (bicyclic) bond motifs is 1. The second kappa shape index (κ2) is 7.73. The Morgan fingerprint density at radius 1 is 1.10 bits per heavy atom. The number of amides is 1. The van der Waals surface area contributed by atoms with Crippen molar-refractivity contribution in [3.63, 3.8) is 0 Å². The summed E-state index contributed by atoms with van der Waals surface area (Å²) < 4.78 is 27.9. The first-order chi connectivity index (χ1) is 14.3. The fraction of sp³-hybridized carbons (Fsp3) is 0.238. The summed E-state index contributed by atoms with van der Waals surface area (Å²) in [5, 5.41) is 3.27. The van der Waals surface area contributed by atoms with Crippen LogP contribution in [0.1, 0.15) is 12.6 Å². The van der Waals surface area contributed by atoms with Gasteiger partial charge in [0.2, 0.25) is 5.91 Å². The molecule has 2 heterocycles. The number of carbonyl (C=O) groups is 1. The topological polar surface area (TPSA) is 82.6 Å². The molecule has 1 aliphatic rings. The van der Waals surface area contributed by atoms with Crippen molar-refractivity contribution in [3.05, 3.63) is 54.2 Å². The summed E-state index contributed by atoms with van der Waals surface area (Å²) in [5.74, 6) is -0.165. The van der Waals surface area contributed by atoms with Gasteiger partial charge in [-0.3, -0.25) is 9.10 Å². The number of carbonyl (C=O) groups excluding carboxylic acids is 1. The van der Waals surface area contributed by atoms with Gasteiger partial charge in [-0.25, -0.2) is 13.4 Å². The van der Waals surface area contributed by atoms with Crippen LogP contribution < -0.4 is 14.5 Å². The predicted molar refractivity (Wildman–Crippen MR) is 121 cm³/mol. The van der Waals surface area contributed by atoms with Crippen molar-refractivity contribution in [3.8, 4) is 10.4 Å². The highest BCUT2D eigenvalue weighted by Crippen LogP contribution is 2.41. The van der Waals surface area contributed by atoms with E-state index in [2.05, 4.69) is 15.2 Å². The van der Waals surface area contributed by atoms with Crippen LogP contribution >= 0.6 is 11.3 Å². The zero-order valence-corrected chi connectivity index (χ0v) is 18.5. The highest BCUT2D eigenvalue weighted by Gasteiger charge is 2.31. The quantitative estimate of drug-likeness (QED) is 0.666. The average Bonchev–Trinajstić information content (AvgIpc) is 3.08. The standard InChI is InChI=1S/C21H22N4O3S2/c1-14-20(29-21(22-14)23-15(2)26)16-9-10-18-19(13-16)24(3)11-12-25(18)30(27,28)17-7-5-4-6-8-17/h4-10,13H,11-12H2,1-3H3,(H,22,23,26). The lowest BCUT2D eigenvalue weighted by Crippen LogP contribution is -2.42. The second-order valence-electron chi connectivity index (χ2n) is 7.13. The van der Waals surface area contributed by atoms with Gasteiger partial charge in [-0.15, -0.1) is 0 Å². The third kappa shape index (κ3) is 3.66. The number of hydrogen-bond acceptors (Lipinski definition) is 6. The number of benzene rings is 2. The molecule has 7 nitrogen and oxygen atoms in total. The van der Waals surface area contributed by atoms with Gasteiger partial charge in [0, 0.05) is 20.5 Å². The maximum atomic E-state index is 13.2. The van der Waals surface area contributed by atoms with Gasteiger partial charge in [-0.2, -0.15) is 0 Å². The molecule has 1 aromatic heterocycles. The molecule has 3 aromatic rings. The van der Waals surface area contributed by atoms with Crippen LogP contribution in [0.3, 0.4) is 0 Å². The van der Waals surface area contributed by atoms with Crippen molar-refractivity contribution in [1.82, 2.24) is 4.98 Å². The van der Waals surface area contributed by atoms with E-state index in [4.69, 9.17) is 0 Å². The molecule has 9 heteroatoms.